The molecule has 1 heterocycles. The molecule has 2 aromatic rings. The van der Waals surface area contributed by atoms with Crippen LogP contribution in [0, 0.1) is 19.8 Å². The molecular formula is C19H19BrN2O2. The van der Waals surface area contributed by atoms with E-state index in [-0.39, 0.29) is 24.2 Å². The second-order valence-corrected chi connectivity index (χ2v) is 7.00. The first-order valence-corrected chi connectivity index (χ1v) is 8.68. The number of halogens is 1. The number of aryl methyl sites for hydroxylation is 2. The largest absolute Gasteiger partial charge is 0.326 e. The number of nitrogens with one attached hydrogen (secondary N) is 1. The second-order valence-electron chi connectivity index (χ2n) is 6.15. The van der Waals surface area contributed by atoms with Crippen molar-refractivity contribution < 1.29 is 9.59 Å². The van der Waals surface area contributed by atoms with E-state index in [0.717, 1.165) is 21.4 Å². The van der Waals surface area contributed by atoms with Gasteiger partial charge in [0.05, 0.1) is 11.6 Å². The number of anilines is 2. The summed E-state index contributed by atoms with van der Waals surface area (Å²) >= 11 is 3.46. The van der Waals surface area contributed by atoms with E-state index in [0.29, 0.717) is 6.54 Å². The number of para-hydroxylation sites is 1. The Kier molecular flexibility index (Phi) is 4.71. The number of hydrogen-bond acceptors (Lipinski definition) is 2. The Morgan fingerprint density at radius 1 is 1.17 bits per heavy atom. The van der Waals surface area contributed by atoms with Gasteiger partial charge in [0.25, 0.3) is 0 Å². The molecule has 124 valence electrons. The van der Waals surface area contributed by atoms with Gasteiger partial charge in [-0.2, -0.15) is 0 Å². The molecule has 0 bridgehead atoms. The van der Waals surface area contributed by atoms with Gasteiger partial charge in [0, 0.05) is 23.1 Å². The number of benzene rings is 2. The zero-order chi connectivity index (χ0) is 17.3. The van der Waals surface area contributed by atoms with E-state index in [1.807, 2.05) is 56.3 Å². The van der Waals surface area contributed by atoms with E-state index in [1.54, 1.807) is 4.90 Å². The molecule has 3 rings (SSSR count). The van der Waals surface area contributed by atoms with Gasteiger partial charge in [0.1, 0.15) is 0 Å². The van der Waals surface area contributed by atoms with Crippen LogP contribution in [0.25, 0.3) is 0 Å². The Balaban J connectivity index is 1.72. The summed E-state index contributed by atoms with van der Waals surface area (Å²) in [5.41, 5.74) is 3.90. The van der Waals surface area contributed by atoms with E-state index in [9.17, 15) is 9.59 Å². The molecule has 1 aliphatic rings. The van der Waals surface area contributed by atoms with E-state index in [4.69, 9.17) is 0 Å². The molecule has 2 amide bonds. The van der Waals surface area contributed by atoms with Crippen molar-refractivity contribution in [1.29, 1.82) is 0 Å². The highest BCUT2D eigenvalue weighted by Gasteiger charge is 2.35. The first-order chi connectivity index (χ1) is 11.5. The SMILES string of the molecule is Cc1ccc(NC(=O)C2CC(=O)N(c3ccccc3Br)C2)cc1C. The average molecular weight is 387 g/mol. The molecule has 1 N–H and O–H groups in total. The summed E-state index contributed by atoms with van der Waals surface area (Å²) in [7, 11) is 0. The highest BCUT2D eigenvalue weighted by Crippen LogP contribution is 2.31. The van der Waals surface area contributed by atoms with E-state index in [1.165, 1.54) is 5.56 Å². The molecule has 1 aliphatic heterocycles. The van der Waals surface area contributed by atoms with Crippen molar-refractivity contribution in [3.8, 4) is 0 Å². The Labute approximate surface area is 150 Å². The van der Waals surface area contributed by atoms with Gasteiger partial charge in [0.15, 0.2) is 0 Å². The molecule has 1 fully saturated rings. The maximum atomic E-state index is 12.5. The fraction of sp³-hybridized carbons (Fsp3) is 0.263. The summed E-state index contributed by atoms with van der Waals surface area (Å²) < 4.78 is 0.855. The van der Waals surface area contributed by atoms with Crippen molar-refractivity contribution in [3.63, 3.8) is 0 Å². The van der Waals surface area contributed by atoms with Crippen LogP contribution in [0.4, 0.5) is 11.4 Å². The van der Waals surface area contributed by atoms with E-state index in [2.05, 4.69) is 21.2 Å². The van der Waals surface area contributed by atoms with Crippen LogP contribution in [0.15, 0.2) is 46.9 Å². The van der Waals surface area contributed by atoms with Gasteiger partial charge >= 0.3 is 0 Å². The van der Waals surface area contributed by atoms with Crippen molar-refractivity contribution in [2.24, 2.45) is 5.92 Å². The highest BCUT2D eigenvalue weighted by atomic mass is 79.9. The molecule has 24 heavy (non-hydrogen) atoms. The molecule has 0 aromatic heterocycles. The molecule has 5 heteroatoms. The monoisotopic (exact) mass is 386 g/mol. The van der Waals surface area contributed by atoms with Gasteiger partial charge in [0.2, 0.25) is 11.8 Å². The maximum absolute atomic E-state index is 12.5. The van der Waals surface area contributed by atoms with Crippen molar-refractivity contribution in [2.45, 2.75) is 20.3 Å². The number of nitrogens with zero attached hydrogens (tertiary/aromatic N) is 1. The summed E-state index contributed by atoms with van der Waals surface area (Å²) in [5.74, 6) is -0.477. The number of amides is 2. The molecule has 0 saturated carbocycles. The predicted molar refractivity (Wildman–Crippen MR) is 99.1 cm³/mol. The second kappa shape index (κ2) is 6.77. The summed E-state index contributed by atoms with van der Waals surface area (Å²) in [6.45, 7) is 4.45. The highest BCUT2D eigenvalue weighted by molar-refractivity contribution is 9.10. The number of carbonyl (C=O) groups excluding carboxylic acids is 2. The molecule has 0 radical (unpaired) electrons. The third-order valence-electron chi connectivity index (χ3n) is 4.41. The Morgan fingerprint density at radius 2 is 1.92 bits per heavy atom. The van der Waals surface area contributed by atoms with Crippen molar-refractivity contribution in [1.82, 2.24) is 0 Å². The Morgan fingerprint density at radius 3 is 2.62 bits per heavy atom. The summed E-state index contributed by atoms with van der Waals surface area (Å²) in [4.78, 5) is 26.5. The fourth-order valence-corrected chi connectivity index (χ4v) is 3.35. The predicted octanol–water partition coefficient (Wildman–Crippen LogP) is 4.06. The standard InChI is InChI=1S/C19H19BrN2O2/c1-12-7-8-15(9-13(12)2)21-19(24)14-10-18(23)22(11-14)17-6-4-3-5-16(17)20/h3-9,14H,10-11H2,1-2H3,(H,21,24). The lowest BCUT2D eigenvalue weighted by Gasteiger charge is -2.18. The van der Waals surface area contributed by atoms with Gasteiger partial charge in [-0.05, 0) is 65.2 Å². The van der Waals surface area contributed by atoms with Crippen molar-refractivity contribution >= 4 is 39.1 Å². The average Bonchev–Trinajstić information content (AvgIpc) is 2.93. The lowest BCUT2D eigenvalue weighted by atomic mass is 10.1. The summed E-state index contributed by atoms with van der Waals surface area (Å²) in [6.07, 6.45) is 0.234. The Bertz CT molecular complexity index is 804. The zero-order valence-corrected chi connectivity index (χ0v) is 15.3. The molecule has 0 aliphatic carbocycles. The van der Waals surface area contributed by atoms with Crippen LogP contribution < -0.4 is 10.2 Å². The lowest BCUT2D eigenvalue weighted by Crippen LogP contribution is -2.28. The minimum atomic E-state index is -0.341. The molecule has 1 saturated heterocycles. The summed E-state index contributed by atoms with van der Waals surface area (Å²) in [6, 6.07) is 13.4. The molecular weight excluding hydrogens is 368 g/mol. The van der Waals surface area contributed by atoms with Crippen molar-refractivity contribution in [3.05, 3.63) is 58.1 Å². The lowest BCUT2D eigenvalue weighted by molar-refractivity contribution is -0.122. The number of hydrogen-bond donors (Lipinski definition) is 1. The minimum absolute atomic E-state index is 0.0258. The van der Waals surface area contributed by atoms with Crippen LogP contribution in [-0.2, 0) is 9.59 Å². The van der Waals surface area contributed by atoms with Crippen LogP contribution in [0.3, 0.4) is 0 Å². The van der Waals surface area contributed by atoms with Gasteiger partial charge in [-0.3, -0.25) is 9.59 Å². The molecule has 1 unspecified atom stereocenters. The quantitative estimate of drug-likeness (QED) is 0.864. The molecule has 2 aromatic carbocycles. The zero-order valence-electron chi connectivity index (χ0n) is 13.7. The smallest absolute Gasteiger partial charge is 0.229 e. The third kappa shape index (κ3) is 3.36. The van der Waals surface area contributed by atoms with E-state index >= 15 is 0 Å². The van der Waals surface area contributed by atoms with E-state index < -0.39 is 0 Å². The summed E-state index contributed by atoms with van der Waals surface area (Å²) in [5, 5.41) is 2.93. The molecule has 0 spiro atoms. The van der Waals surface area contributed by atoms with Gasteiger partial charge in [-0.1, -0.05) is 18.2 Å². The van der Waals surface area contributed by atoms with Gasteiger partial charge in [-0.15, -0.1) is 0 Å². The first-order valence-electron chi connectivity index (χ1n) is 7.88. The number of carbonyl (C=O) groups is 2. The fourth-order valence-electron chi connectivity index (χ4n) is 2.85. The van der Waals surface area contributed by atoms with Crippen LogP contribution >= 0.6 is 15.9 Å². The van der Waals surface area contributed by atoms with Gasteiger partial charge < -0.3 is 10.2 Å². The Hall–Kier alpha value is -2.14. The topological polar surface area (TPSA) is 49.4 Å². The maximum Gasteiger partial charge on any atom is 0.229 e. The van der Waals surface area contributed by atoms with Crippen LogP contribution in [-0.4, -0.2) is 18.4 Å². The van der Waals surface area contributed by atoms with Crippen LogP contribution in [0.2, 0.25) is 0 Å². The first kappa shape index (κ1) is 16.7. The molecule has 1 atom stereocenters. The minimum Gasteiger partial charge on any atom is -0.326 e. The third-order valence-corrected chi connectivity index (χ3v) is 5.08. The number of rotatable bonds is 3. The normalized spacial score (nSPS) is 17.2. The van der Waals surface area contributed by atoms with Gasteiger partial charge in [-0.25, -0.2) is 0 Å². The molecule has 4 nitrogen and oxygen atoms in total. The van der Waals surface area contributed by atoms with Crippen LogP contribution in [0.1, 0.15) is 17.5 Å². The van der Waals surface area contributed by atoms with Crippen LogP contribution in [0.5, 0.6) is 0 Å². The van der Waals surface area contributed by atoms with Crippen molar-refractivity contribution in [2.75, 3.05) is 16.8 Å².